The minimum absolute atomic E-state index is 0.0369. The molecule has 2 aromatic rings. The number of rotatable bonds is 7. The quantitative estimate of drug-likeness (QED) is 0.466. The van der Waals surface area contributed by atoms with E-state index in [1.165, 1.54) is 17.0 Å². The number of aromatic nitrogens is 1. The van der Waals surface area contributed by atoms with E-state index in [2.05, 4.69) is 30.1 Å². The summed E-state index contributed by atoms with van der Waals surface area (Å²) in [6.07, 6.45) is 0.485. The number of pyridine rings is 1. The molecule has 39 heavy (non-hydrogen) atoms. The van der Waals surface area contributed by atoms with Crippen LogP contribution in [-0.2, 0) is 29.0 Å². The molecule has 3 fully saturated rings. The van der Waals surface area contributed by atoms with E-state index in [9.17, 15) is 13.2 Å². The molecule has 2 aliphatic heterocycles. The first-order valence-electron chi connectivity index (χ1n) is 13.6. The summed E-state index contributed by atoms with van der Waals surface area (Å²) in [5.74, 6) is -0.714. The first-order chi connectivity index (χ1) is 18.5. The lowest BCUT2D eigenvalue weighted by Crippen LogP contribution is -2.55. The van der Waals surface area contributed by atoms with Gasteiger partial charge in [0.2, 0.25) is 15.9 Å². The second kappa shape index (κ2) is 10.5. The highest BCUT2D eigenvalue weighted by molar-refractivity contribution is 7.91. The number of carbonyl (C=O) groups is 1. The predicted octanol–water partition coefficient (Wildman–Crippen LogP) is 4.19. The van der Waals surface area contributed by atoms with Crippen LogP contribution in [0.2, 0.25) is 0 Å². The molecular formula is C29H38N2O7S. The monoisotopic (exact) mass is 558 g/mol. The average molecular weight is 559 g/mol. The lowest BCUT2D eigenvalue weighted by atomic mass is 9.88. The Hall–Kier alpha value is -2.53. The van der Waals surface area contributed by atoms with Crippen molar-refractivity contribution in [2.24, 2.45) is 0 Å². The Labute approximate surface area is 230 Å². The lowest BCUT2D eigenvalue weighted by molar-refractivity contribution is -0.160. The Bertz CT molecular complexity index is 1320. The maximum atomic E-state index is 14.0. The molecule has 3 aliphatic rings. The van der Waals surface area contributed by atoms with Crippen LogP contribution in [-0.4, -0.2) is 73.2 Å². The molecule has 3 heterocycles. The topological polar surface area (TPSA) is 104 Å². The molecule has 0 radical (unpaired) electrons. The first-order valence-corrected chi connectivity index (χ1v) is 15.1. The van der Waals surface area contributed by atoms with Gasteiger partial charge >= 0.3 is 5.97 Å². The number of aryl methyl sites for hydroxylation is 1. The van der Waals surface area contributed by atoms with Crippen molar-refractivity contribution >= 4 is 16.0 Å². The van der Waals surface area contributed by atoms with Crippen molar-refractivity contribution < 1.29 is 32.2 Å². The van der Waals surface area contributed by atoms with E-state index in [1.54, 1.807) is 13.8 Å². The molecule has 2 saturated heterocycles. The SMILES string of the molecule is CCOc1cccc(-c2ccc(C3CCN(S(=O)(=O)C4(C(=O)OC)CC5OC(C)(C)O[C@H]5C4)CC3)cc2C)n1. The third-order valence-electron chi connectivity index (χ3n) is 8.21. The summed E-state index contributed by atoms with van der Waals surface area (Å²) in [6, 6.07) is 12.1. The van der Waals surface area contributed by atoms with Crippen molar-refractivity contribution in [3.63, 3.8) is 0 Å². The van der Waals surface area contributed by atoms with Crippen molar-refractivity contribution in [3.05, 3.63) is 47.5 Å². The van der Waals surface area contributed by atoms with Crippen molar-refractivity contribution in [2.45, 2.75) is 82.0 Å². The van der Waals surface area contributed by atoms with Crippen LogP contribution in [0.3, 0.4) is 0 Å². The number of fused-ring (bicyclic) bond motifs is 1. The van der Waals surface area contributed by atoms with Crippen LogP contribution >= 0.6 is 0 Å². The second-order valence-electron chi connectivity index (χ2n) is 11.2. The van der Waals surface area contributed by atoms with Gasteiger partial charge in [0, 0.05) is 37.6 Å². The smallest absolute Gasteiger partial charge is 0.328 e. The predicted molar refractivity (Wildman–Crippen MR) is 146 cm³/mol. The molecule has 10 heteroatoms. The molecule has 0 spiro atoms. The van der Waals surface area contributed by atoms with Crippen LogP contribution in [0.4, 0.5) is 0 Å². The van der Waals surface area contributed by atoms with Crippen LogP contribution in [0.25, 0.3) is 11.3 Å². The van der Waals surface area contributed by atoms with E-state index < -0.39 is 38.7 Å². The van der Waals surface area contributed by atoms with Gasteiger partial charge in [-0.15, -0.1) is 0 Å². The highest BCUT2D eigenvalue weighted by atomic mass is 32.2. The van der Waals surface area contributed by atoms with Crippen LogP contribution in [0, 0.1) is 6.92 Å². The normalized spacial score (nSPS) is 27.3. The van der Waals surface area contributed by atoms with Gasteiger partial charge in [-0.1, -0.05) is 24.3 Å². The second-order valence-corrected chi connectivity index (χ2v) is 13.4. The number of piperidine rings is 1. The Morgan fingerprint density at radius 3 is 2.36 bits per heavy atom. The molecule has 9 nitrogen and oxygen atoms in total. The zero-order valence-corrected chi connectivity index (χ0v) is 24.1. The van der Waals surface area contributed by atoms with Gasteiger partial charge in [-0.05, 0) is 63.6 Å². The average Bonchev–Trinajstić information content (AvgIpc) is 3.40. The number of ether oxygens (including phenoxy) is 4. The summed E-state index contributed by atoms with van der Waals surface area (Å²) in [4.78, 5) is 17.6. The number of esters is 1. The molecule has 212 valence electrons. The fourth-order valence-electron chi connectivity index (χ4n) is 6.35. The number of nitrogens with zero attached hydrogens (tertiary/aromatic N) is 2. The molecule has 3 atom stereocenters. The molecule has 1 aliphatic carbocycles. The Morgan fingerprint density at radius 1 is 1.10 bits per heavy atom. The lowest BCUT2D eigenvalue weighted by Gasteiger charge is -2.37. The van der Waals surface area contributed by atoms with E-state index >= 15 is 0 Å². The van der Waals surface area contributed by atoms with Gasteiger partial charge in [0.25, 0.3) is 0 Å². The summed E-state index contributed by atoms with van der Waals surface area (Å²) >= 11 is 0. The summed E-state index contributed by atoms with van der Waals surface area (Å²) in [7, 11) is -2.76. The van der Waals surface area contributed by atoms with E-state index in [-0.39, 0.29) is 18.8 Å². The van der Waals surface area contributed by atoms with Crippen molar-refractivity contribution in [1.29, 1.82) is 0 Å². The number of sulfonamides is 1. The summed E-state index contributed by atoms with van der Waals surface area (Å²) < 4.78 is 50.2. The fraction of sp³-hybridized carbons (Fsp3) is 0.586. The number of hydrogen-bond donors (Lipinski definition) is 0. The minimum atomic E-state index is -4.00. The third kappa shape index (κ3) is 5.08. The number of benzene rings is 1. The Kier molecular flexibility index (Phi) is 7.52. The number of methoxy groups -OCH3 is 1. The van der Waals surface area contributed by atoms with Gasteiger partial charge < -0.3 is 18.9 Å². The van der Waals surface area contributed by atoms with Crippen LogP contribution in [0.5, 0.6) is 5.88 Å². The standard InChI is InChI=1S/C29H38N2O7S/c1-6-36-26-9-7-8-23(30-26)22-11-10-21(16-19(22)2)20-12-14-31(15-13-20)39(33,34)29(27(32)35-5)17-24-25(18-29)38-28(3,4)37-24/h7-11,16,20,24-25H,6,12-15,17-18H2,1-5H3/t24-,25?,29?/m0/s1. The molecule has 1 saturated carbocycles. The molecule has 0 bridgehead atoms. The van der Waals surface area contributed by atoms with Gasteiger partial charge in [-0.2, -0.15) is 0 Å². The first kappa shape index (κ1) is 28.0. The molecule has 0 N–H and O–H groups in total. The van der Waals surface area contributed by atoms with Gasteiger partial charge in [0.15, 0.2) is 10.5 Å². The minimum Gasteiger partial charge on any atom is -0.478 e. The van der Waals surface area contributed by atoms with E-state index in [1.807, 2.05) is 25.1 Å². The number of carbonyl (C=O) groups excluding carboxylic acids is 1. The summed E-state index contributed by atoms with van der Waals surface area (Å²) in [5, 5.41) is 0. The van der Waals surface area contributed by atoms with Gasteiger partial charge in [-0.3, -0.25) is 4.79 Å². The highest BCUT2D eigenvalue weighted by Crippen LogP contribution is 2.48. The molecule has 1 aromatic heterocycles. The fourth-order valence-corrected chi connectivity index (χ4v) is 8.58. The summed E-state index contributed by atoms with van der Waals surface area (Å²) in [5.41, 5.74) is 4.18. The third-order valence-corrected chi connectivity index (χ3v) is 10.7. The van der Waals surface area contributed by atoms with Gasteiger partial charge in [0.05, 0.1) is 31.6 Å². The highest BCUT2D eigenvalue weighted by Gasteiger charge is 2.65. The maximum absolute atomic E-state index is 14.0. The maximum Gasteiger partial charge on any atom is 0.328 e. The van der Waals surface area contributed by atoms with Crippen molar-refractivity contribution in [3.8, 4) is 17.1 Å². The zero-order chi connectivity index (χ0) is 28.0. The van der Waals surface area contributed by atoms with Crippen LogP contribution < -0.4 is 4.74 Å². The molecule has 1 aromatic carbocycles. The largest absolute Gasteiger partial charge is 0.478 e. The van der Waals surface area contributed by atoms with E-state index in [0.717, 1.165) is 16.8 Å². The molecular weight excluding hydrogens is 520 g/mol. The summed E-state index contributed by atoms with van der Waals surface area (Å²) in [6.45, 7) is 8.84. The zero-order valence-electron chi connectivity index (χ0n) is 23.3. The molecule has 0 amide bonds. The van der Waals surface area contributed by atoms with Crippen LogP contribution in [0.15, 0.2) is 36.4 Å². The van der Waals surface area contributed by atoms with Crippen LogP contribution in [0.1, 0.15) is 63.5 Å². The molecule has 2 unspecified atom stereocenters. The van der Waals surface area contributed by atoms with E-state index in [0.29, 0.717) is 38.4 Å². The van der Waals surface area contributed by atoms with Crippen molar-refractivity contribution in [1.82, 2.24) is 9.29 Å². The molecule has 5 rings (SSSR count). The Morgan fingerprint density at radius 2 is 1.77 bits per heavy atom. The van der Waals surface area contributed by atoms with Gasteiger partial charge in [0.1, 0.15) is 0 Å². The van der Waals surface area contributed by atoms with Gasteiger partial charge in [-0.25, -0.2) is 17.7 Å². The number of hydrogen-bond acceptors (Lipinski definition) is 8. The Balaban J connectivity index is 1.30. The van der Waals surface area contributed by atoms with E-state index in [4.69, 9.17) is 18.9 Å². The van der Waals surface area contributed by atoms with Crippen molar-refractivity contribution in [2.75, 3.05) is 26.8 Å².